The van der Waals surface area contributed by atoms with E-state index in [1.54, 1.807) is 0 Å². The Labute approximate surface area is 118 Å². The molecule has 0 amide bonds. The van der Waals surface area contributed by atoms with E-state index in [1.165, 1.54) is 12.0 Å². The minimum absolute atomic E-state index is 0.379. The molecule has 19 heavy (non-hydrogen) atoms. The Balaban J connectivity index is 2.82. The molecule has 0 aliphatic rings. The molecule has 2 heteroatoms. The highest BCUT2D eigenvalue weighted by atomic mass is 16.5. The summed E-state index contributed by atoms with van der Waals surface area (Å²) in [4.78, 5) is 0. The Kier molecular flexibility index (Phi) is 7.76. The number of hydrogen-bond acceptors (Lipinski definition) is 2. The molecule has 0 aliphatic heterocycles. The maximum atomic E-state index is 5.77. The standard InChI is InChI=1S/C17H29NO/c1-5-12-19-13-16(18-4)17(14(3)6-2)15-10-8-7-9-11-15/h7-11,14,16-18H,5-6,12-13H2,1-4H3. The van der Waals surface area contributed by atoms with Crippen LogP contribution in [0, 0.1) is 5.92 Å². The van der Waals surface area contributed by atoms with Crippen molar-refractivity contribution in [2.24, 2.45) is 5.92 Å². The summed E-state index contributed by atoms with van der Waals surface area (Å²) < 4.78 is 5.77. The van der Waals surface area contributed by atoms with Crippen molar-refractivity contribution in [3.63, 3.8) is 0 Å². The van der Waals surface area contributed by atoms with Gasteiger partial charge in [-0.05, 0) is 24.9 Å². The van der Waals surface area contributed by atoms with E-state index < -0.39 is 0 Å². The van der Waals surface area contributed by atoms with Crippen molar-refractivity contribution in [3.8, 4) is 0 Å². The molecule has 1 aromatic carbocycles. The van der Waals surface area contributed by atoms with Crippen molar-refractivity contribution < 1.29 is 4.74 Å². The lowest BCUT2D eigenvalue weighted by Gasteiger charge is -2.31. The maximum Gasteiger partial charge on any atom is 0.0625 e. The number of likely N-dealkylation sites (N-methyl/N-ethyl adjacent to an activating group) is 1. The van der Waals surface area contributed by atoms with Crippen LogP contribution in [0.4, 0.5) is 0 Å². The Morgan fingerprint density at radius 1 is 1.16 bits per heavy atom. The summed E-state index contributed by atoms with van der Waals surface area (Å²) in [5.74, 6) is 1.15. The highest BCUT2D eigenvalue weighted by Crippen LogP contribution is 2.30. The SMILES string of the molecule is CCCOCC(NC)C(c1ccccc1)C(C)CC. The monoisotopic (exact) mass is 263 g/mol. The van der Waals surface area contributed by atoms with Gasteiger partial charge in [-0.15, -0.1) is 0 Å². The van der Waals surface area contributed by atoms with Crippen molar-refractivity contribution in [1.82, 2.24) is 5.32 Å². The van der Waals surface area contributed by atoms with E-state index in [1.807, 2.05) is 7.05 Å². The minimum atomic E-state index is 0.379. The van der Waals surface area contributed by atoms with Gasteiger partial charge in [0.25, 0.3) is 0 Å². The van der Waals surface area contributed by atoms with E-state index in [9.17, 15) is 0 Å². The fourth-order valence-corrected chi connectivity index (χ4v) is 2.61. The zero-order valence-corrected chi connectivity index (χ0v) is 12.9. The third-order valence-corrected chi connectivity index (χ3v) is 3.89. The molecule has 1 aromatic rings. The Morgan fingerprint density at radius 3 is 2.37 bits per heavy atom. The van der Waals surface area contributed by atoms with Crippen molar-refractivity contribution >= 4 is 0 Å². The highest BCUT2D eigenvalue weighted by Gasteiger charge is 2.26. The van der Waals surface area contributed by atoms with Gasteiger partial charge in [-0.2, -0.15) is 0 Å². The molecule has 0 spiro atoms. The maximum absolute atomic E-state index is 5.77. The second-order valence-electron chi connectivity index (χ2n) is 5.29. The molecule has 0 aliphatic carbocycles. The predicted molar refractivity (Wildman–Crippen MR) is 82.6 cm³/mol. The topological polar surface area (TPSA) is 21.3 Å². The largest absolute Gasteiger partial charge is 0.380 e. The molecule has 0 heterocycles. The van der Waals surface area contributed by atoms with Crippen molar-refractivity contribution in [2.75, 3.05) is 20.3 Å². The second kappa shape index (κ2) is 9.11. The summed E-state index contributed by atoms with van der Waals surface area (Å²) in [5, 5.41) is 3.45. The molecule has 0 saturated heterocycles. The number of rotatable bonds is 9. The van der Waals surface area contributed by atoms with Gasteiger partial charge in [-0.3, -0.25) is 0 Å². The van der Waals surface area contributed by atoms with Gasteiger partial charge in [0.15, 0.2) is 0 Å². The minimum Gasteiger partial charge on any atom is -0.380 e. The molecule has 2 nitrogen and oxygen atoms in total. The van der Waals surface area contributed by atoms with Crippen LogP contribution < -0.4 is 5.32 Å². The lowest BCUT2D eigenvalue weighted by atomic mass is 9.80. The van der Waals surface area contributed by atoms with Crippen molar-refractivity contribution in [2.45, 2.75) is 45.6 Å². The molecule has 0 bridgehead atoms. The molecule has 0 radical (unpaired) electrons. The van der Waals surface area contributed by atoms with E-state index >= 15 is 0 Å². The number of hydrogen-bond donors (Lipinski definition) is 1. The summed E-state index contributed by atoms with van der Waals surface area (Å²) in [6, 6.07) is 11.2. The summed E-state index contributed by atoms with van der Waals surface area (Å²) in [6.07, 6.45) is 2.27. The van der Waals surface area contributed by atoms with Crippen LogP contribution in [0.3, 0.4) is 0 Å². The van der Waals surface area contributed by atoms with Crippen molar-refractivity contribution in [1.29, 1.82) is 0 Å². The Morgan fingerprint density at radius 2 is 1.84 bits per heavy atom. The fourth-order valence-electron chi connectivity index (χ4n) is 2.61. The molecular weight excluding hydrogens is 234 g/mol. The first-order valence-corrected chi connectivity index (χ1v) is 7.54. The van der Waals surface area contributed by atoms with Gasteiger partial charge in [0, 0.05) is 18.6 Å². The van der Waals surface area contributed by atoms with Gasteiger partial charge in [-0.1, -0.05) is 57.5 Å². The predicted octanol–water partition coefficient (Wildman–Crippen LogP) is 3.83. The van der Waals surface area contributed by atoms with E-state index in [0.29, 0.717) is 17.9 Å². The van der Waals surface area contributed by atoms with Crippen LogP contribution in [0.25, 0.3) is 0 Å². The zero-order chi connectivity index (χ0) is 14.1. The number of nitrogens with one attached hydrogen (secondary N) is 1. The highest BCUT2D eigenvalue weighted by molar-refractivity contribution is 5.22. The lowest BCUT2D eigenvalue weighted by molar-refractivity contribution is 0.0988. The van der Waals surface area contributed by atoms with Crippen LogP contribution in [0.5, 0.6) is 0 Å². The third kappa shape index (κ3) is 4.96. The van der Waals surface area contributed by atoms with Gasteiger partial charge < -0.3 is 10.1 Å². The molecule has 3 atom stereocenters. The molecule has 1 N–H and O–H groups in total. The van der Waals surface area contributed by atoms with Gasteiger partial charge in [-0.25, -0.2) is 0 Å². The molecular formula is C17H29NO. The fraction of sp³-hybridized carbons (Fsp3) is 0.647. The number of benzene rings is 1. The van der Waals surface area contributed by atoms with Gasteiger partial charge >= 0.3 is 0 Å². The normalized spacial score (nSPS) is 16.0. The van der Waals surface area contributed by atoms with Crippen LogP contribution >= 0.6 is 0 Å². The van der Waals surface area contributed by atoms with Crippen LogP contribution in [0.15, 0.2) is 30.3 Å². The second-order valence-corrected chi connectivity index (χ2v) is 5.29. The Hall–Kier alpha value is -0.860. The average Bonchev–Trinajstić information content (AvgIpc) is 2.47. The van der Waals surface area contributed by atoms with Crippen LogP contribution in [0.2, 0.25) is 0 Å². The molecule has 0 saturated carbocycles. The third-order valence-electron chi connectivity index (χ3n) is 3.89. The number of ether oxygens (including phenoxy) is 1. The molecule has 1 rings (SSSR count). The first kappa shape index (κ1) is 16.2. The first-order chi connectivity index (χ1) is 9.24. The van der Waals surface area contributed by atoms with E-state index in [0.717, 1.165) is 19.6 Å². The Bertz CT molecular complexity index is 325. The molecule has 3 unspecified atom stereocenters. The molecule has 0 aromatic heterocycles. The van der Waals surface area contributed by atoms with E-state index in [2.05, 4.69) is 56.4 Å². The molecule has 0 fully saturated rings. The van der Waals surface area contributed by atoms with Crippen LogP contribution in [-0.2, 0) is 4.74 Å². The van der Waals surface area contributed by atoms with E-state index in [-0.39, 0.29) is 0 Å². The summed E-state index contributed by atoms with van der Waals surface area (Å²) in [5.41, 5.74) is 1.41. The smallest absolute Gasteiger partial charge is 0.0625 e. The van der Waals surface area contributed by atoms with Crippen molar-refractivity contribution in [3.05, 3.63) is 35.9 Å². The van der Waals surface area contributed by atoms with Gasteiger partial charge in [0.05, 0.1) is 6.61 Å². The van der Waals surface area contributed by atoms with Crippen LogP contribution in [0.1, 0.15) is 45.1 Å². The quantitative estimate of drug-likeness (QED) is 0.684. The first-order valence-electron chi connectivity index (χ1n) is 7.54. The van der Waals surface area contributed by atoms with Gasteiger partial charge in [0.1, 0.15) is 0 Å². The molecule has 108 valence electrons. The lowest BCUT2D eigenvalue weighted by Crippen LogP contribution is -2.39. The summed E-state index contributed by atoms with van der Waals surface area (Å²) in [7, 11) is 2.04. The zero-order valence-electron chi connectivity index (χ0n) is 12.9. The summed E-state index contributed by atoms with van der Waals surface area (Å²) >= 11 is 0. The van der Waals surface area contributed by atoms with Crippen LogP contribution in [-0.4, -0.2) is 26.3 Å². The van der Waals surface area contributed by atoms with Gasteiger partial charge in [0.2, 0.25) is 0 Å². The average molecular weight is 263 g/mol. The van der Waals surface area contributed by atoms with E-state index in [4.69, 9.17) is 4.74 Å². The summed E-state index contributed by atoms with van der Waals surface area (Å²) in [6.45, 7) is 8.38.